The Balaban J connectivity index is 2.20. The summed E-state index contributed by atoms with van der Waals surface area (Å²) < 4.78 is 5.94. The molecule has 1 aliphatic rings. The Labute approximate surface area is 108 Å². The third kappa shape index (κ3) is 2.95. The molecule has 3 N–H and O–H groups in total. The maximum atomic E-state index is 11.6. The summed E-state index contributed by atoms with van der Waals surface area (Å²) in [4.78, 5) is 38.3. The first-order valence-corrected chi connectivity index (χ1v) is 5.99. The van der Waals surface area contributed by atoms with E-state index in [4.69, 9.17) is 10.5 Å². The van der Waals surface area contributed by atoms with Gasteiger partial charge in [0.2, 0.25) is 0 Å². The van der Waals surface area contributed by atoms with Crippen molar-refractivity contribution >= 4 is 11.9 Å². The molecule has 1 aromatic rings. The van der Waals surface area contributed by atoms with Crippen LogP contribution in [0.15, 0.2) is 15.7 Å². The number of nitrogens with one attached hydrogen (secondary N) is 1. The van der Waals surface area contributed by atoms with E-state index in [0.29, 0.717) is 25.3 Å². The fourth-order valence-electron chi connectivity index (χ4n) is 2.13. The number of primary amides is 1. The topological polar surface area (TPSA) is 110 Å². The number of aromatic nitrogens is 2. The molecule has 1 aromatic heterocycles. The zero-order chi connectivity index (χ0) is 14.0. The Bertz CT molecular complexity index is 560. The number of H-pyrrole nitrogens is 1. The predicted molar refractivity (Wildman–Crippen MR) is 68.2 cm³/mol. The highest BCUT2D eigenvalue weighted by atomic mass is 16.6. The summed E-state index contributed by atoms with van der Waals surface area (Å²) in [5.41, 5.74) is 4.13. The van der Waals surface area contributed by atoms with E-state index < -0.39 is 11.8 Å². The number of nitrogens with zero attached hydrogens (tertiary/aromatic N) is 2. The Hall–Kier alpha value is -2.25. The number of hydrogen-bond donors (Lipinski definition) is 2. The van der Waals surface area contributed by atoms with Crippen LogP contribution in [-0.2, 0) is 11.8 Å². The standard InChI is InChI=1S/C11H16N4O4/c1-14-9(16)5-8(13-11(14)18)15-4-2-3-7(6-15)19-10(12)17/h5,7H,2-4,6H2,1H3,(H2,12,17)(H,13,18)/t7-/m1/s1. The zero-order valence-corrected chi connectivity index (χ0v) is 10.6. The monoisotopic (exact) mass is 268 g/mol. The maximum absolute atomic E-state index is 11.6. The van der Waals surface area contributed by atoms with Crippen LogP contribution in [0, 0.1) is 0 Å². The van der Waals surface area contributed by atoms with Crippen molar-refractivity contribution in [3.8, 4) is 0 Å². The van der Waals surface area contributed by atoms with Crippen LogP contribution < -0.4 is 21.9 Å². The van der Waals surface area contributed by atoms with Gasteiger partial charge in [0, 0.05) is 19.7 Å². The molecule has 8 heteroatoms. The molecule has 1 amide bonds. The summed E-state index contributed by atoms with van der Waals surface area (Å²) in [6, 6.07) is 1.36. The van der Waals surface area contributed by atoms with Crippen molar-refractivity contribution in [2.24, 2.45) is 12.8 Å². The van der Waals surface area contributed by atoms with Gasteiger partial charge in [-0.1, -0.05) is 0 Å². The molecule has 0 radical (unpaired) electrons. The van der Waals surface area contributed by atoms with Crippen molar-refractivity contribution in [2.45, 2.75) is 18.9 Å². The largest absolute Gasteiger partial charge is 0.445 e. The lowest BCUT2D eigenvalue weighted by molar-refractivity contribution is 0.0964. The van der Waals surface area contributed by atoms with Gasteiger partial charge in [0.05, 0.1) is 6.54 Å². The number of rotatable bonds is 2. The molecule has 8 nitrogen and oxygen atoms in total. The number of carbonyl (C=O) groups is 1. The van der Waals surface area contributed by atoms with Crippen molar-refractivity contribution in [3.63, 3.8) is 0 Å². The van der Waals surface area contributed by atoms with Gasteiger partial charge >= 0.3 is 11.8 Å². The smallest absolute Gasteiger partial charge is 0.404 e. The van der Waals surface area contributed by atoms with Crippen LogP contribution in [0.3, 0.4) is 0 Å². The number of nitrogens with two attached hydrogens (primary N) is 1. The average Bonchev–Trinajstić information content (AvgIpc) is 2.35. The Morgan fingerprint density at radius 2 is 2.26 bits per heavy atom. The highest BCUT2D eigenvalue weighted by Gasteiger charge is 2.23. The second-order valence-electron chi connectivity index (χ2n) is 4.50. The number of carbonyl (C=O) groups excluding carboxylic acids is 1. The molecule has 0 aliphatic carbocycles. The normalized spacial score (nSPS) is 19.2. The van der Waals surface area contributed by atoms with Crippen LogP contribution >= 0.6 is 0 Å². The van der Waals surface area contributed by atoms with E-state index in [1.54, 1.807) is 4.90 Å². The fraction of sp³-hybridized carbons (Fsp3) is 0.545. The van der Waals surface area contributed by atoms with E-state index in [2.05, 4.69) is 4.98 Å². The van der Waals surface area contributed by atoms with Gasteiger partial charge in [-0.2, -0.15) is 0 Å². The van der Waals surface area contributed by atoms with Gasteiger partial charge in [0.1, 0.15) is 11.9 Å². The molecule has 0 bridgehead atoms. The summed E-state index contributed by atoms with van der Waals surface area (Å²) in [5, 5.41) is 0. The number of amides is 1. The number of ether oxygens (including phenoxy) is 1. The van der Waals surface area contributed by atoms with E-state index in [-0.39, 0.29) is 11.7 Å². The summed E-state index contributed by atoms with van der Waals surface area (Å²) in [6.45, 7) is 1.09. The predicted octanol–water partition coefficient (Wildman–Crippen LogP) is -0.862. The van der Waals surface area contributed by atoms with Crippen LogP contribution in [0.25, 0.3) is 0 Å². The van der Waals surface area contributed by atoms with E-state index in [1.165, 1.54) is 13.1 Å². The summed E-state index contributed by atoms with van der Waals surface area (Å²) in [7, 11) is 1.40. The van der Waals surface area contributed by atoms with Gasteiger partial charge in [-0.3, -0.25) is 14.3 Å². The number of aromatic amines is 1. The number of anilines is 1. The molecular weight excluding hydrogens is 252 g/mol. The fourth-order valence-corrected chi connectivity index (χ4v) is 2.13. The van der Waals surface area contributed by atoms with Gasteiger partial charge < -0.3 is 15.4 Å². The van der Waals surface area contributed by atoms with Gasteiger partial charge in [-0.05, 0) is 12.8 Å². The van der Waals surface area contributed by atoms with Gasteiger partial charge in [0.15, 0.2) is 0 Å². The Morgan fingerprint density at radius 3 is 2.89 bits per heavy atom. The zero-order valence-electron chi connectivity index (χ0n) is 10.6. The lowest BCUT2D eigenvalue weighted by Gasteiger charge is -2.32. The third-order valence-electron chi connectivity index (χ3n) is 3.13. The Kier molecular flexibility index (Phi) is 3.59. The molecule has 1 saturated heterocycles. The quantitative estimate of drug-likeness (QED) is 0.725. The van der Waals surface area contributed by atoms with Gasteiger partial charge in [-0.15, -0.1) is 0 Å². The molecule has 19 heavy (non-hydrogen) atoms. The van der Waals surface area contributed by atoms with Crippen LogP contribution in [0.1, 0.15) is 12.8 Å². The highest BCUT2D eigenvalue weighted by Crippen LogP contribution is 2.17. The maximum Gasteiger partial charge on any atom is 0.404 e. The highest BCUT2D eigenvalue weighted by molar-refractivity contribution is 5.64. The summed E-state index contributed by atoms with van der Waals surface area (Å²) in [6.07, 6.45) is 0.368. The summed E-state index contributed by atoms with van der Waals surface area (Å²) >= 11 is 0. The van der Waals surface area contributed by atoms with Crippen molar-refractivity contribution in [1.29, 1.82) is 0 Å². The second-order valence-corrected chi connectivity index (χ2v) is 4.50. The molecule has 0 aromatic carbocycles. The van der Waals surface area contributed by atoms with Crippen LogP contribution in [-0.4, -0.2) is 34.8 Å². The average molecular weight is 268 g/mol. The SMILES string of the molecule is Cn1c(=O)cc(N2CCC[C@@H](OC(N)=O)C2)[nH]c1=O. The minimum atomic E-state index is -0.815. The molecule has 1 aliphatic heterocycles. The van der Waals surface area contributed by atoms with Crippen molar-refractivity contribution in [1.82, 2.24) is 9.55 Å². The van der Waals surface area contributed by atoms with E-state index >= 15 is 0 Å². The molecule has 104 valence electrons. The van der Waals surface area contributed by atoms with E-state index in [9.17, 15) is 14.4 Å². The Morgan fingerprint density at radius 1 is 1.53 bits per heavy atom. The second kappa shape index (κ2) is 5.17. The molecule has 2 heterocycles. The number of hydrogen-bond acceptors (Lipinski definition) is 5. The first-order chi connectivity index (χ1) is 8.97. The summed E-state index contributed by atoms with van der Waals surface area (Å²) in [5.74, 6) is 0.436. The molecule has 2 rings (SSSR count). The first kappa shape index (κ1) is 13.2. The first-order valence-electron chi connectivity index (χ1n) is 5.99. The molecule has 0 unspecified atom stereocenters. The number of piperidine rings is 1. The van der Waals surface area contributed by atoms with Crippen molar-refractivity contribution in [3.05, 3.63) is 26.9 Å². The van der Waals surface area contributed by atoms with Gasteiger partial charge in [-0.25, -0.2) is 9.59 Å². The lowest BCUT2D eigenvalue weighted by atomic mass is 10.1. The molecular formula is C11H16N4O4. The molecule has 1 fully saturated rings. The van der Waals surface area contributed by atoms with Crippen LogP contribution in [0.4, 0.5) is 10.6 Å². The van der Waals surface area contributed by atoms with E-state index in [0.717, 1.165) is 11.0 Å². The lowest BCUT2D eigenvalue weighted by Crippen LogP contribution is -2.44. The van der Waals surface area contributed by atoms with Crippen molar-refractivity contribution in [2.75, 3.05) is 18.0 Å². The molecule has 0 saturated carbocycles. The van der Waals surface area contributed by atoms with Crippen molar-refractivity contribution < 1.29 is 9.53 Å². The van der Waals surface area contributed by atoms with E-state index in [1.807, 2.05) is 0 Å². The van der Waals surface area contributed by atoms with Crippen LogP contribution in [0.2, 0.25) is 0 Å². The van der Waals surface area contributed by atoms with Gasteiger partial charge in [0.25, 0.3) is 5.56 Å². The van der Waals surface area contributed by atoms with Crippen LogP contribution in [0.5, 0.6) is 0 Å². The molecule has 1 atom stereocenters. The molecule has 0 spiro atoms. The minimum absolute atomic E-state index is 0.321. The minimum Gasteiger partial charge on any atom is -0.445 e. The third-order valence-corrected chi connectivity index (χ3v) is 3.13.